The number of nitrogens with zero attached hydrogens (tertiary/aromatic N) is 1. The predicted octanol–water partition coefficient (Wildman–Crippen LogP) is 1.66. The Morgan fingerprint density at radius 2 is 1.79 bits per heavy atom. The summed E-state index contributed by atoms with van der Waals surface area (Å²) in [6, 6.07) is 0. The van der Waals surface area contributed by atoms with Crippen molar-refractivity contribution in [1.82, 2.24) is 10.2 Å². The van der Waals surface area contributed by atoms with Crippen molar-refractivity contribution in [1.29, 1.82) is 0 Å². The third-order valence-electron chi connectivity index (χ3n) is 3.35. The van der Waals surface area contributed by atoms with Gasteiger partial charge in [0.2, 0.25) is 5.91 Å². The summed E-state index contributed by atoms with van der Waals surface area (Å²) in [5.74, 6) is 1.61. The molecule has 1 amide bonds. The van der Waals surface area contributed by atoms with Crippen LogP contribution in [0.5, 0.6) is 0 Å². The van der Waals surface area contributed by atoms with E-state index in [-0.39, 0.29) is 37.3 Å². The fourth-order valence-electron chi connectivity index (χ4n) is 2.74. The van der Waals surface area contributed by atoms with Gasteiger partial charge in [-0.05, 0) is 37.6 Å². The van der Waals surface area contributed by atoms with E-state index in [9.17, 15) is 4.79 Å². The molecule has 1 saturated heterocycles. The molecular formula is C13H29Cl2N3O. The van der Waals surface area contributed by atoms with E-state index in [4.69, 9.17) is 5.73 Å². The van der Waals surface area contributed by atoms with Crippen molar-refractivity contribution in [2.45, 2.75) is 33.1 Å². The van der Waals surface area contributed by atoms with Crippen molar-refractivity contribution < 1.29 is 4.79 Å². The van der Waals surface area contributed by atoms with Gasteiger partial charge in [0.1, 0.15) is 0 Å². The number of piperidine rings is 1. The number of hydrogen-bond acceptors (Lipinski definition) is 3. The number of halogens is 2. The standard InChI is InChI=1S/C13H27N3O.2ClH/c1-11-7-12(2)10-16(9-11)6-4-3-5-15-13(17)8-14;;/h11-12H,3-10,14H2,1-2H3,(H,15,17);2*1H. The Balaban J connectivity index is 0. The van der Waals surface area contributed by atoms with E-state index in [0.29, 0.717) is 0 Å². The summed E-state index contributed by atoms with van der Waals surface area (Å²) in [6.07, 6.45) is 3.57. The van der Waals surface area contributed by atoms with Crippen LogP contribution in [0, 0.1) is 11.8 Å². The summed E-state index contributed by atoms with van der Waals surface area (Å²) in [6.45, 7) is 9.16. The molecule has 1 fully saturated rings. The van der Waals surface area contributed by atoms with Gasteiger partial charge in [-0.25, -0.2) is 0 Å². The van der Waals surface area contributed by atoms with Gasteiger partial charge >= 0.3 is 0 Å². The maximum atomic E-state index is 10.9. The first-order valence-electron chi connectivity index (χ1n) is 6.81. The van der Waals surface area contributed by atoms with Crippen LogP contribution in [0.3, 0.4) is 0 Å². The molecule has 0 aromatic heterocycles. The van der Waals surface area contributed by atoms with Gasteiger partial charge in [-0.2, -0.15) is 0 Å². The van der Waals surface area contributed by atoms with Gasteiger partial charge in [-0.1, -0.05) is 13.8 Å². The van der Waals surface area contributed by atoms with E-state index in [1.165, 1.54) is 19.5 Å². The fourth-order valence-corrected chi connectivity index (χ4v) is 2.74. The van der Waals surface area contributed by atoms with E-state index in [2.05, 4.69) is 24.1 Å². The number of likely N-dealkylation sites (tertiary alicyclic amines) is 1. The number of carbonyl (C=O) groups is 1. The Morgan fingerprint density at radius 3 is 2.32 bits per heavy atom. The molecule has 1 heterocycles. The second kappa shape index (κ2) is 11.8. The van der Waals surface area contributed by atoms with E-state index >= 15 is 0 Å². The second-order valence-corrected chi connectivity index (χ2v) is 5.47. The molecular weight excluding hydrogens is 285 g/mol. The monoisotopic (exact) mass is 313 g/mol. The highest BCUT2D eigenvalue weighted by molar-refractivity contribution is 5.85. The molecule has 1 rings (SSSR count). The maximum absolute atomic E-state index is 10.9. The highest BCUT2D eigenvalue weighted by Gasteiger charge is 2.20. The lowest BCUT2D eigenvalue weighted by molar-refractivity contribution is -0.119. The van der Waals surface area contributed by atoms with Crippen LogP contribution in [0.1, 0.15) is 33.1 Å². The zero-order valence-corrected chi connectivity index (χ0v) is 13.7. The van der Waals surface area contributed by atoms with Gasteiger partial charge in [0.15, 0.2) is 0 Å². The molecule has 0 bridgehead atoms. The average Bonchev–Trinajstić information content (AvgIpc) is 2.27. The van der Waals surface area contributed by atoms with Gasteiger partial charge < -0.3 is 16.0 Å². The molecule has 4 nitrogen and oxygen atoms in total. The minimum Gasteiger partial charge on any atom is -0.355 e. The lowest BCUT2D eigenvalue weighted by Gasteiger charge is -2.34. The summed E-state index contributed by atoms with van der Waals surface area (Å²) >= 11 is 0. The Kier molecular flexibility index (Phi) is 13.2. The highest BCUT2D eigenvalue weighted by Crippen LogP contribution is 2.20. The molecule has 0 aliphatic carbocycles. The van der Waals surface area contributed by atoms with Crippen molar-refractivity contribution in [2.24, 2.45) is 17.6 Å². The number of unbranched alkanes of at least 4 members (excludes halogenated alkanes) is 1. The molecule has 3 N–H and O–H groups in total. The van der Waals surface area contributed by atoms with Crippen LogP contribution in [0.15, 0.2) is 0 Å². The molecule has 116 valence electrons. The number of rotatable bonds is 6. The first-order valence-corrected chi connectivity index (χ1v) is 6.81. The van der Waals surface area contributed by atoms with Gasteiger partial charge in [-0.3, -0.25) is 4.79 Å². The summed E-state index contributed by atoms with van der Waals surface area (Å²) in [5.41, 5.74) is 5.21. The van der Waals surface area contributed by atoms with Crippen LogP contribution < -0.4 is 11.1 Å². The van der Waals surface area contributed by atoms with Crippen molar-refractivity contribution in [3.63, 3.8) is 0 Å². The van der Waals surface area contributed by atoms with E-state index < -0.39 is 0 Å². The number of nitrogens with one attached hydrogen (secondary N) is 1. The molecule has 0 saturated carbocycles. The first kappa shape index (κ1) is 21.3. The zero-order valence-electron chi connectivity index (χ0n) is 12.1. The molecule has 2 atom stereocenters. The molecule has 1 aliphatic rings. The Morgan fingerprint density at radius 1 is 1.21 bits per heavy atom. The number of amides is 1. The first-order chi connectivity index (χ1) is 8.11. The fraction of sp³-hybridized carbons (Fsp3) is 0.923. The number of nitrogens with two attached hydrogens (primary N) is 1. The SMILES string of the molecule is CC1CC(C)CN(CCCCNC(=O)CN)C1.Cl.Cl. The van der Waals surface area contributed by atoms with E-state index in [1.807, 2.05) is 0 Å². The van der Waals surface area contributed by atoms with Crippen molar-refractivity contribution in [3.8, 4) is 0 Å². The predicted molar refractivity (Wildman–Crippen MR) is 85.2 cm³/mol. The van der Waals surface area contributed by atoms with Gasteiger partial charge in [-0.15, -0.1) is 24.8 Å². The van der Waals surface area contributed by atoms with E-state index in [0.717, 1.165) is 37.8 Å². The highest BCUT2D eigenvalue weighted by atomic mass is 35.5. The molecule has 0 aromatic carbocycles. The quantitative estimate of drug-likeness (QED) is 0.733. The second-order valence-electron chi connectivity index (χ2n) is 5.47. The third kappa shape index (κ3) is 9.50. The summed E-state index contributed by atoms with van der Waals surface area (Å²) < 4.78 is 0. The Bertz CT molecular complexity index is 232. The van der Waals surface area contributed by atoms with Crippen LogP contribution in [0.25, 0.3) is 0 Å². The van der Waals surface area contributed by atoms with Crippen LogP contribution in [0.4, 0.5) is 0 Å². The van der Waals surface area contributed by atoms with Crippen molar-refractivity contribution >= 4 is 30.7 Å². The molecule has 0 radical (unpaired) electrons. The largest absolute Gasteiger partial charge is 0.355 e. The lowest BCUT2D eigenvalue weighted by Crippen LogP contribution is -2.39. The molecule has 0 spiro atoms. The van der Waals surface area contributed by atoms with E-state index in [1.54, 1.807) is 0 Å². The van der Waals surface area contributed by atoms with Gasteiger partial charge in [0, 0.05) is 19.6 Å². The summed E-state index contributed by atoms with van der Waals surface area (Å²) in [4.78, 5) is 13.5. The van der Waals surface area contributed by atoms with Gasteiger partial charge in [0.05, 0.1) is 6.54 Å². The van der Waals surface area contributed by atoms with Crippen molar-refractivity contribution in [2.75, 3.05) is 32.7 Å². The molecule has 19 heavy (non-hydrogen) atoms. The van der Waals surface area contributed by atoms with Gasteiger partial charge in [0.25, 0.3) is 0 Å². The molecule has 2 unspecified atom stereocenters. The summed E-state index contributed by atoms with van der Waals surface area (Å²) in [7, 11) is 0. The summed E-state index contributed by atoms with van der Waals surface area (Å²) in [5, 5.41) is 2.81. The molecule has 6 heteroatoms. The molecule has 1 aliphatic heterocycles. The number of hydrogen-bond donors (Lipinski definition) is 2. The van der Waals surface area contributed by atoms with Crippen LogP contribution in [-0.2, 0) is 4.79 Å². The maximum Gasteiger partial charge on any atom is 0.233 e. The average molecular weight is 314 g/mol. The smallest absolute Gasteiger partial charge is 0.233 e. The Labute approximate surface area is 129 Å². The molecule has 0 aromatic rings. The van der Waals surface area contributed by atoms with Crippen molar-refractivity contribution in [3.05, 3.63) is 0 Å². The minimum atomic E-state index is -0.0507. The normalized spacial score (nSPS) is 23.1. The van der Waals surface area contributed by atoms with Crippen LogP contribution >= 0.6 is 24.8 Å². The van der Waals surface area contributed by atoms with Crippen LogP contribution in [0.2, 0.25) is 0 Å². The third-order valence-corrected chi connectivity index (χ3v) is 3.35. The topological polar surface area (TPSA) is 58.4 Å². The zero-order chi connectivity index (χ0) is 12.7. The number of carbonyl (C=O) groups excluding carboxylic acids is 1. The lowest BCUT2D eigenvalue weighted by atomic mass is 9.92. The minimum absolute atomic E-state index is 0. The van der Waals surface area contributed by atoms with Crippen LogP contribution in [-0.4, -0.2) is 43.5 Å². The Hall–Kier alpha value is -0.0300.